The van der Waals surface area contributed by atoms with E-state index in [0.717, 1.165) is 16.3 Å². The summed E-state index contributed by atoms with van der Waals surface area (Å²) in [6, 6.07) is 5.67. The van der Waals surface area contributed by atoms with Gasteiger partial charge in [0.1, 0.15) is 0 Å². The molecule has 0 aromatic heterocycles. The largest absolute Gasteiger partial charge is 0.366 e. The van der Waals surface area contributed by atoms with Crippen LogP contribution in [0.5, 0.6) is 0 Å². The molecule has 4 heteroatoms. The maximum Gasteiger partial charge on any atom is 0.170 e. The van der Waals surface area contributed by atoms with E-state index in [0.29, 0.717) is 5.11 Å². The number of hydrogen-bond acceptors (Lipinski definition) is 1. The van der Waals surface area contributed by atoms with Crippen molar-refractivity contribution in [1.82, 2.24) is 5.32 Å². The minimum Gasteiger partial charge on any atom is -0.366 e. The average Bonchev–Trinajstić information content (AvgIpc) is 2.13. The fraction of sp³-hybridized carbons (Fsp3) is 0.222. The molecule has 13 heavy (non-hydrogen) atoms. The van der Waals surface area contributed by atoms with Crippen LogP contribution in [0.15, 0.2) is 18.2 Å². The van der Waals surface area contributed by atoms with E-state index in [2.05, 4.69) is 10.6 Å². The number of nitrogens with one attached hydrogen (secondary N) is 2. The topological polar surface area (TPSA) is 24.1 Å². The van der Waals surface area contributed by atoms with Gasteiger partial charge in [0.25, 0.3) is 0 Å². The van der Waals surface area contributed by atoms with Gasteiger partial charge in [-0.25, -0.2) is 0 Å². The third kappa shape index (κ3) is 2.57. The van der Waals surface area contributed by atoms with Crippen LogP contribution < -0.4 is 10.6 Å². The van der Waals surface area contributed by atoms with Crippen LogP contribution in [0.4, 0.5) is 5.69 Å². The Morgan fingerprint density at radius 2 is 2.15 bits per heavy atom. The average molecular weight is 215 g/mol. The first kappa shape index (κ1) is 10.3. The molecule has 0 spiro atoms. The molecule has 0 unspecified atom stereocenters. The second-order valence-corrected chi connectivity index (χ2v) is 3.43. The van der Waals surface area contributed by atoms with Gasteiger partial charge < -0.3 is 10.6 Å². The summed E-state index contributed by atoms with van der Waals surface area (Å²) in [4.78, 5) is 0. The predicted octanol–water partition coefficient (Wildman–Crippen LogP) is 2.56. The molecule has 0 aliphatic carbocycles. The Hall–Kier alpha value is -0.800. The van der Waals surface area contributed by atoms with Crippen molar-refractivity contribution in [2.75, 3.05) is 12.4 Å². The highest BCUT2D eigenvalue weighted by atomic mass is 35.5. The van der Waals surface area contributed by atoms with Crippen LogP contribution in [0.2, 0.25) is 5.02 Å². The standard InChI is InChI=1S/C9H11ClN2S/c1-6-7(10)4-3-5-8(6)12-9(13)11-2/h3-5H,1-2H3,(H2,11,12,13). The normalized spacial score (nSPS) is 9.46. The fourth-order valence-electron chi connectivity index (χ4n) is 0.928. The lowest BCUT2D eigenvalue weighted by molar-refractivity contribution is 1.19. The van der Waals surface area contributed by atoms with Gasteiger partial charge in [-0.3, -0.25) is 0 Å². The number of hydrogen-bond donors (Lipinski definition) is 2. The summed E-state index contributed by atoms with van der Waals surface area (Å²) < 4.78 is 0. The number of benzene rings is 1. The molecule has 0 saturated carbocycles. The molecular formula is C9H11ClN2S. The van der Waals surface area contributed by atoms with E-state index < -0.39 is 0 Å². The number of thiocarbonyl (C=S) groups is 1. The first-order valence-electron chi connectivity index (χ1n) is 3.89. The Bertz CT molecular complexity index is 325. The van der Waals surface area contributed by atoms with E-state index in [9.17, 15) is 0 Å². The van der Waals surface area contributed by atoms with Crippen molar-refractivity contribution in [3.63, 3.8) is 0 Å². The molecule has 1 rings (SSSR count). The molecule has 0 saturated heterocycles. The first-order chi connectivity index (χ1) is 6.15. The Labute approximate surface area is 88.3 Å². The van der Waals surface area contributed by atoms with Crippen molar-refractivity contribution in [2.45, 2.75) is 6.92 Å². The Morgan fingerprint density at radius 1 is 1.46 bits per heavy atom. The van der Waals surface area contributed by atoms with Gasteiger partial charge in [0, 0.05) is 17.8 Å². The van der Waals surface area contributed by atoms with Gasteiger partial charge in [-0.15, -0.1) is 0 Å². The van der Waals surface area contributed by atoms with Crippen molar-refractivity contribution in [3.8, 4) is 0 Å². The van der Waals surface area contributed by atoms with Gasteiger partial charge in [0.05, 0.1) is 0 Å². The van der Waals surface area contributed by atoms with Crippen molar-refractivity contribution >= 4 is 34.6 Å². The summed E-state index contributed by atoms with van der Waals surface area (Å²) in [5.41, 5.74) is 1.94. The van der Waals surface area contributed by atoms with Gasteiger partial charge in [0.2, 0.25) is 0 Å². The van der Waals surface area contributed by atoms with Crippen LogP contribution in [0.25, 0.3) is 0 Å². The highest BCUT2D eigenvalue weighted by molar-refractivity contribution is 7.80. The molecular weight excluding hydrogens is 204 g/mol. The van der Waals surface area contributed by atoms with E-state index in [4.69, 9.17) is 23.8 Å². The Morgan fingerprint density at radius 3 is 2.77 bits per heavy atom. The van der Waals surface area contributed by atoms with Crippen LogP contribution in [-0.2, 0) is 0 Å². The molecule has 0 aliphatic rings. The Balaban J connectivity index is 2.89. The van der Waals surface area contributed by atoms with Crippen molar-refractivity contribution in [3.05, 3.63) is 28.8 Å². The lowest BCUT2D eigenvalue weighted by Crippen LogP contribution is -2.24. The van der Waals surface area contributed by atoms with E-state index in [1.165, 1.54) is 0 Å². The molecule has 0 atom stereocenters. The number of halogens is 1. The quantitative estimate of drug-likeness (QED) is 0.703. The molecule has 2 N–H and O–H groups in total. The van der Waals surface area contributed by atoms with Crippen LogP contribution in [0.3, 0.4) is 0 Å². The van der Waals surface area contributed by atoms with Crippen molar-refractivity contribution in [2.24, 2.45) is 0 Å². The third-order valence-electron chi connectivity index (χ3n) is 1.74. The lowest BCUT2D eigenvalue weighted by Gasteiger charge is -2.10. The molecule has 0 radical (unpaired) electrons. The zero-order chi connectivity index (χ0) is 9.84. The van der Waals surface area contributed by atoms with E-state index in [-0.39, 0.29) is 0 Å². The highest BCUT2D eigenvalue weighted by Gasteiger charge is 2.01. The van der Waals surface area contributed by atoms with E-state index in [1.807, 2.05) is 25.1 Å². The van der Waals surface area contributed by atoms with Crippen LogP contribution in [-0.4, -0.2) is 12.2 Å². The van der Waals surface area contributed by atoms with Gasteiger partial charge in [-0.05, 0) is 36.8 Å². The smallest absolute Gasteiger partial charge is 0.170 e. The summed E-state index contributed by atoms with van der Waals surface area (Å²) in [6.07, 6.45) is 0. The van der Waals surface area contributed by atoms with Crippen molar-refractivity contribution < 1.29 is 0 Å². The molecule has 0 aliphatic heterocycles. The first-order valence-corrected chi connectivity index (χ1v) is 4.67. The van der Waals surface area contributed by atoms with Gasteiger partial charge in [-0.2, -0.15) is 0 Å². The highest BCUT2D eigenvalue weighted by Crippen LogP contribution is 2.22. The maximum absolute atomic E-state index is 5.94. The molecule has 1 aromatic rings. The lowest BCUT2D eigenvalue weighted by atomic mass is 10.2. The molecule has 70 valence electrons. The summed E-state index contributed by atoms with van der Waals surface area (Å²) in [5.74, 6) is 0. The molecule has 1 aromatic carbocycles. The zero-order valence-electron chi connectivity index (χ0n) is 7.52. The summed E-state index contributed by atoms with van der Waals surface area (Å²) in [5, 5.41) is 7.20. The number of anilines is 1. The second kappa shape index (κ2) is 4.44. The number of rotatable bonds is 1. The SMILES string of the molecule is CNC(=S)Nc1cccc(Cl)c1C. The van der Waals surface area contributed by atoms with E-state index >= 15 is 0 Å². The molecule has 0 fully saturated rings. The molecule has 0 heterocycles. The Kier molecular flexibility index (Phi) is 3.51. The van der Waals surface area contributed by atoms with Crippen molar-refractivity contribution in [1.29, 1.82) is 0 Å². The minimum absolute atomic E-state index is 0.588. The fourth-order valence-corrected chi connectivity index (χ4v) is 1.21. The van der Waals surface area contributed by atoms with Gasteiger partial charge in [0.15, 0.2) is 5.11 Å². The van der Waals surface area contributed by atoms with Crippen LogP contribution in [0.1, 0.15) is 5.56 Å². The summed E-state index contributed by atoms with van der Waals surface area (Å²) in [6.45, 7) is 1.95. The summed E-state index contributed by atoms with van der Waals surface area (Å²) >= 11 is 10.9. The second-order valence-electron chi connectivity index (χ2n) is 2.62. The molecule has 0 amide bonds. The van der Waals surface area contributed by atoms with Gasteiger partial charge >= 0.3 is 0 Å². The summed E-state index contributed by atoms with van der Waals surface area (Å²) in [7, 11) is 1.77. The molecule has 2 nitrogen and oxygen atoms in total. The molecule has 0 bridgehead atoms. The monoisotopic (exact) mass is 214 g/mol. The third-order valence-corrected chi connectivity index (χ3v) is 2.46. The minimum atomic E-state index is 0.588. The van der Waals surface area contributed by atoms with Crippen LogP contribution in [0, 0.1) is 6.92 Å². The zero-order valence-corrected chi connectivity index (χ0v) is 9.09. The maximum atomic E-state index is 5.94. The van der Waals surface area contributed by atoms with E-state index in [1.54, 1.807) is 7.05 Å². The van der Waals surface area contributed by atoms with Crippen LogP contribution >= 0.6 is 23.8 Å². The predicted molar refractivity (Wildman–Crippen MR) is 61.5 cm³/mol. The van der Waals surface area contributed by atoms with Gasteiger partial charge in [-0.1, -0.05) is 17.7 Å².